The van der Waals surface area contributed by atoms with Crippen LogP contribution in [0, 0.1) is 0 Å². The summed E-state index contributed by atoms with van der Waals surface area (Å²) in [5.41, 5.74) is 0. The van der Waals surface area contributed by atoms with Gasteiger partial charge in [-0.1, -0.05) is 123 Å². The van der Waals surface area contributed by atoms with Crippen molar-refractivity contribution in [1.29, 1.82) is 0 Å². The first-order valence-corrected chi connectivity index (χ1v) is 22.1. The van der Waals surface area contributed by atoms with Crippen molar-refractivity contribution in [1.82, 2.24) is 0 Å². The van der Waals surface area contributed by atoms with Gasteiger partial charge in [-0.2, -0.15) is 0 Å². The van der Waals surface area contributed by atoms with Crippen LogP contribution in [0.5, 0.6) is 0 Å². The molecule has 316 valence electrons. The highest BCUT2D eigenvalue weighted by Crippen LogP contribution is 2.38. The number of phosphoric ester groups is 1. The highest BCUT2D eigenvalue weighted by atomic mass is 31.2. The maximum Gasteiger partial charge on any atom is 0.306 e. The summed E-state index contributed by atoms with van der Waals surface area (Å²) >= 11 is 0. The van der Waals surface area contributed by atoms with Gasteiger partial charge in [0, 0.05) is 12.8 Å². The van der Waals surface area contributed by atoms with E-state index in [-0.39, 0.29) is 26.1 Å². The number of likely N-dealkylation sites (N-methyl/N-ethyl adjacent to an activating group) is 1. The van der Waals surface area contributed by atoms with Gasteiger partial charge in [-0.25, -0.2) is 0 Å². The van der Waals surface area contributed by atoms with Gasteiger partial charge in [0.2, 0.25) is 0 Å². The zero-order valence-electron chi connectivity index (χ0n) is 35.3. The van der Waals surface area contributed by atoms with Gasteiger partial charge in [0.1, 0.15) is 19.8 Å². The minimum absolute atomic E-state index is 0.0547. The minimum Gasteiger partial charge on any atom is -0.756 e. The van der Waals surface area contributed by atoms with Crippen LogP contribution >= 0.6 is 7.82 Å². The average Bonchev–Trinajstić information content (AvgIpc) is 3.15. The standard InChI is InChI=1S/C46H74NO8P/c1-6-8-10-12-14-16-18-20-22-23-25-26-28-30-32-34-36-38-45(48)52-42-44(43-54-56(50,51)53-41-40-47(3,4)5)55-46(49)39-37-35-33-31-29-27-24-21-19-17-15-13-11-9-7-2/h8-11,14-17,20-22,24-26,29-32,44H,6-7,12-13,18-19,23,27-28,33-43H2,1-5H3/b10-8-,11-9-,16-14-,17-15-,22-20-,24-21-,26-25-,31-29-,32-30-/t44-/m1/s1. The van der Waals surface area contributed by atoms with Gasteiger partial charge in [-0.05, 0) is 89.9 Å². The van der Waals surface area contributed by atoms with Crippen LogP contribution in [0.4, 0.5) is 0 Å². The fraction of sp³-hybridized carbons (Fsp3) is 0.565. The molecular weight excluding hydrogens is 725 g/mol. The number of phosphoric acid groups is 1. The molecule has 0 saturated heterocycles. The van der Waals surface area contributed by atoms with E-state index in [9.17, 15) is 19.0 Å². The number of hydrogen-bond donors (Lipinski definition) is 0. The largest absolute Gasteiger partial charge is 0.756 e. The number of hydrogen-bond acceptors (Lipinski definition) is 8. The molecule has 9 nitrogen and oxygen atoms in total. The SMILES string of the molecule is CC/C=C\C/C=C\C/C=C\C/C=C\C/C=C\CCCC(=O)OC[C@H](COP(=O)([O-])OCC[N+](C)(C)C)OC(=O)CCCC/C=C\C/C=C\C/C=C\C/C=C\CC. The molecule has 1 unspecified atom stereocenters. The van der Waals surface area contributed by atoms with E-state index in [0.29, 0.717) is 23.9 Å². The summed E-state index contributed by atoms with van der Waals surface area (Å²) in [6, 6.07) is 0. The van der Waals surface area contributed by atoms with Gasteiger partial charge in [-0.15, -0.1) is 0 Å². The predicted molar refractivity (Wildman–Crippen MR) is 231 cm³/mol. The van der Waals surface area contributed by atoms with Crippen molar-refractivity contribution >= 4 is 19.8 Å². The molecule has 0 aliphatic heterocycles. The van der Waals surface area contributed by atoms with Crippen LogP contribution in [0.2, 0.25) is 0 Å². The molecule has 0 N–H and O–H groups in total. The maximum absolute atomic E-state index is 12.6. The van der Waals surface area contributed by atoms with Gasteiger partial charge in [-0.3, -0.25) is 14.2 Å². The number of allylic oxidation sites excluding steroid dienone is 18. The number of quaternary nitrogens is 1. The van der Waals surface area contributed by atoms with Crippen molar-refractivity contribution in [3.63, 3.8) is 0 Å². The first kappa shape index (κ1) is 52.7. The van der Waals surface area contributed by atoms with Crippen molar-refractivity contribution in [3.05, 3.63) is 109 Å². The fourth-order valence-corrected chi connectivity index (χ4v) is 5.35. The number of carbonyl (C=O) groups is 2. The fourth-order valence-electron chi connectivity index (χ4n) is 4.62. The van der Waals surface area contributed by atoms with Gasteiger partial charge in [0.05, 0.1) is 27.7 Å². The lowest BCUT2D eigenvalue weighted by Gasteiger charge is -2.28. The maximum atomic E-state index is 12.6. The molecule has 0 bridgehead atoms. The Labute approximate surface area is 340 Å². The molecule has 0 aromatic carbocycles. The second-order valence-electron chi connectivity index (χ2n) is 14.2. The molecule has 0 amide bonds. The smallest absolute Gasteiger partial charge is 0.306 e. The van der Waals surface area contributed by atoms with E-state index in [1.165, 1.54) is 0 Å². The van der Waals surface area contributed by atoms with E-state index in [1.54, 1.807) is 0 Å². The van der Waals surface area contributed by atoms with Crippen molar-refractivity contribution in [3.8, 4) is 0 Å². The quantitative estimate of drug-likeness (QED) is 0.0205. The van der Waals surface area contributed by atoms with Gasteiger partial charge in [0.25, 0.3) is 7.82 Å². The molecule has 0 radical (unpaired) electrons. The summed E-state index contributed by atoms with van der Waals surface area (Å²) in [5, 5.41) is 0. The molecule has 0 aromatic heterocycles. The van der Waals surface area contributed by atoms with E-state index in [4.69, 9.17) is 18.5 Å². The van der Waals surface area contributed by atoms with Crippen LogP contribution in [0.3, 0.4) is 0 Å². The lowest BCUT2D eigenvalue weighted by atomic mass is 10.2. The molecular formula is C46H74NO8P. The number of esters is 2. The molecule has 2 atom stereocenters. The van der Waals surface area contributed by atoms with E-state index in [0.717, 1.165) is 77.0 Å². The monoisotopic (exact) mass is 800 g/mol. The predicted octanol–water partition coefficient (Wildman–Crippen LogP) is 10.9. The molecule has 0 saturated carbocycles. The third-order valence-electron chi connectivity index (χ3n) is 7.79. The number of unbranched alkanes of at least 4 members (excludes halogenated alkanes) is 3. The first-order chi connectivity index (χ1) is 27.0. The zero-order valence-corrected chi connectivity index (χ0v) is 36.2. The Hall–Kier alpha value is -3.33. The summed E-state index contributed by atoms with van der Waals surface area (Å²) in [7, 11) is 1.08. The molecule has 0 aliphatic carbocycles. The number of carbonyl (C=O) groups excluding carboxylic acids is 2. The Morgan fingerprint density at radius 2 is 0.964 bits per heavy atom. The van der Waals surface area contributed by atoms with Crippen LogP contribution < -0.4 is 4.89 Å². The Morgan fingerprint density at radius 3 is 1.41 bits per heavy atom. The summed E-state index contributed by atoms with van der Waals surface area (Å²) in [6.45, 7) is 3.84. The molecule has 0 rings (SSSR count). The Bertz CT molecular complexity index is 1320. The van der Waals surface area contributed by atoms with Gasteiger partial charge < -0.3 is 27.9 Å². The van der Waals surface area contributed by atoms with E-state index in [2.05, 4.69) is 117 Å². The van der Waals surface area contributed by atoms with Crippen LogP contribution in [-0.4, -0.2) is 70.0 Å². The summed E-state index contributed by atoms with van der Waals surface area (Å²) in [6.07, 6.45) is 49.9. The molecule has 10 heteroatoms. The lowest BCUT2D eigenvalue weighted by molar-refractivity contribution is -0.870. The first-order valence-electron chi connectivity index (χ1n) is 20.6. The topological polar surface area (TPSA) is 111 Å². The van der Waals surface area contributed by atoms with Crippen molar-refractivity contribution < 1.29 is 42.1 Å². The average molecular weight is 800 g/mol. The van der Waals surface area contributed by atoms with Crippen molar-refractivity contribution in [2.45, 2.75) is 123 Å². The molecule has 0 heterocycles. The van der Waals surface area contributed by atoms with Crippen molar-refractivity contribution in [2.24, 2.45) is 0 Å². The minimum atomic E-state index is -4.65. The van der Waals surface area contributed by atoms with Crippen LogP contribution in [-0.2, 0) is 32.7 Å². The van der Waals surface area contributed by atoms with E-state index < -0.39 is 32.5 Å². The van der Waals surface area contributed by atoms with E-state index in [1.807, 2.05) is 27.2 Å². The molecule has 0 spiro atoms. The van der Waals surface area contributed by atoms with Crippen LogP contribution in [0.1, 0.15) is 117 Å². The lowest BCUT2D eigenvalue weighted by Crippen LogP contribution is -2.37. The summed E-state index contributed by atoms with van der Waals surface area (Å²) < 4.78 is 33.7. The highest BCUT2D eigenvalue weighted by molar-refractivity contribution is 7.45. The molecule has 0 aromatic rings. The number of nitrogens with zero attached hydrogens (tertiary/aromatic N) is 1. The Morgan fingerprint density at radius 1 is 0.554 bits per heavy atom. The van der Waals surface area contributed by atoms with Gasteiger partial charge in [0.15, 0.2) is 6.10 Å². The normalized spacial score (nSPS) is 14.8. The van der Waals surface area contributed by atoms with E-state index >= 15 is 0 Å². The highest BCUT2D eigenvalue weighted by Gasteiger charge is 2.21. The third kappa shape index (κ3) is 40.3. The van der Waals surface area contributed by atoms with Crippen molar-refractivity contribution in [2.75, 3.05) is 47.5 Å². The Kier molecular flexibility index (Phi) is 35.0. The third-order valence-corrected chi connectivity index (χ3v) is 8.75. The summed E-state index contributed by atoms with van der Waals surface area (Å²) in [5.74, 6) is -0.967. The number of ether oxygens (including phenoxy) is 2. The summed E-state index contributed by atoms with van der Waals surface area (Å²) in [4.78, 5) is 37.4. The second-order valence-corrected chi connectivity index (χ2v) is 15.6. The zero-order chi connectivity index (χ0) is 41.4. The molecule has 0 aliphatic rings. The van der Waals surface area contributed by atoms with Crippen LogP contribution in [0.25, 0.3) is 0 Å². The second kappa shape index (κ2) is 37.3. The number of rotatable bonds is 35. The van der Waals surface area contributed by atoms with Gasteiger partial charge >= 0.3 is 11.9 Å². The molecule has 56 heavy (non-hydrogen) atoms. The Balaban J connectivity index is 4.59. The van der Waals surface area contributed by atoms with Crippen LogP contribution in [0.15, 0.2) is 109 Å². The molecule has 0 fully saturated rings.